The minimum absolute atomic E-state index is 0.0208. The lowest BCUT2D eigenvalue weighted by atomic mass is 9.98. The molecule has 0 N–H and O–H groups in total. The summed E-state index contributed by atoms with van der Waals surface area (Å²) in [6.07, 6.45) is 0. The van der Waals surface area contributed by atoms with Crippen LogP contribution in [0.2, 0.25) is 5.02 Å². The first kappa shape index (κ1) is 15.6. The third kappa shape index (κ3) is 3.10. The van der Waals surface area contributed by atoms with Crippen LogP contribution in [0.1, 0.15) is 5.56 Å². The second kappa shape index (κ2) is 6.09. The first-order chi connectivity index (χ1) is 11.0. The molecule has 116 valence electrons. The van der Waals surface area contributed by atoms with Crippen molar-refractivity contribution in [2.75, 3.05) is 0 Å². The van der Waals surface area contributed by atoms with E-state index >= 15 is 0 Å². The molecule has 0 aliphatic carbocycles. The summed E-state index contributed by atoms with van der Waals surface area (Å²) in [4.78, 5) is 0. The van der Waals surface area contributed by atoms with E-state index in [0.717, 1.165) is 5.56 Å². The van der Waals surface area contributed by atoms with Crippen LogP contribution < -0.4 is 0 Å². The zero-order chi connectivity index (χ0) is 16.6. The molecule has 0 aliphatic rings. The van der Waals surface area contributed by atoms with E-state index in [4.69, 9.17) is 11.6 Å². The summed E-state index contributed by atoms with van der Waals surface area (Å²) in [6.45, 7) is 1.78. The molecule has 0 spiro atoms. The molecule has 3 aromatic rings. The van der Waals surface area contributed by atoms with Gasteiger partial charge in [-0.05, 0) is 47.9 Å². The number of rotatable bonds is 2. The maximum absolute atomic E-state index is 14.4. The number of hydrogen-bond acceptors (Lipinski definition) is 0. The van der Waals surface area contributed by atoms with Gasteiger partial charge in [0.15, 0.2) is 0 Å². The molecular weight excluding hydrogens is 321 g/mol. The third-order valence-corrected chi connectivity index (χ3v) is 3.94. The van der Waals surface area contributed by atoms with Crippen molar-refractivity contribution in [3.8, 4) is 22.3 Å². The Morgan fingerprint density at radius 2 is 1.17 bits per heavy atom. The summed E-state index contributed by atoms with van der Waals surface area (Å²) in [7, 11) is 0. The number of halogens is 4. The zero-order valence-corrected chi connectivity index (χ0v) is 13.0. The molecule has 0 bridgehead atoms. The van der Waals surface area contributed by atoms with E-state index in [-0.39, 0.29) is 10.6 Å². The van der Waals surface area contributed by atoms with Crippen molar-refractivity contribution in [2.24, 2.45) is 0 Å². The van der Waals surface area contributed by atoms with Crippen LogP contribution in [0.25, 0.3) is 22.3 Å². The van der Waals surface area contributed by atoms with Gasteiger partial charge in [-0.15, -0.1) is 0 Å². The topological polar surface area (TPSA) is 0 Å². The maximum atomic E-state index is 14.4. The van der Waals surface area contributed by atoms with Gasteiger partial charge in [-0.1, -0.05) is 41.9 Å². The molecule has 3 rings (SSSR count). The van der Waals surface area contributed by atoms with E-state index in [0.29, 0.717) is 16.7 Å². The fourth-order valence-electron chi connectivity index (χ4n) is 2.43. The molecule has 0 aromatic heterocycles. The molecular formula is C19H12ClF3. The molecule has 0 heterocycles. The van der Waals surface area contributed by atoms with Gasteiger partial charge in [0.05, 0.1) is 5.02 Å². The van der Waals surface area contributed by atoms with E-state index in [1.807, 2.05) is 0 Å². The Morgan fingerprint density at radius 3 is 1.74 bits per heavy atom. The zero-order valence-electron chi connectivity index (χ0n) is 12.2. The van der Waals surface area contributed by atoms with Crippen LogP contribution in [0, 0.1) is 24.4 Å². The quantitative estimate of drug-likeness (QED) is 0.509. The predicted molar refractivity (Wildman–Crippen MR) is 86.9 cm³/mol. The smallest absolute Gasteiger partial charge is 0.142 e. The van der Waals surface area contributed by atoms with Gasteiger partial charge in [0.1, 0.15) is 17.5 Å². The van der Waals surface area contributed by atoms with E-state index < -0.39 is 17.5 Å². The van der Waals surface area contributed by atoms with E-state index in [1.54, 1.807) is 25.1 Å². The summed E-state index contributed by atoms with van der Waals surface area (Å²) in [5.74, 6) is -1.57. The molecule has 0 unspecified atom stereocenters. The van der Waals surface area contributed by atoms with Crippen LogP contribution in [0.15, 0.2) is 54.6 Å². The monoisotopic (exact) mass is 332 g/mol. The van der Waals surface area contributed by atoms with E-state index in [2.05, 4.69) is 0 Å². The Kier molecular flexibility index (Phi) is 4.14. The molecule has 0 aliphatic heterocycles. The van der Waals surface area contributed by atoms with Gasteiger partial charge in [0.25, 0.3) is 0 Å². The second-order valence-electron chi connectivity index (χ2n) is 5.31. The average molecular weight is 333 g/mol. The van der Waals surface area contributed by atoms with Crippen molar-refractivity contribution in [3.05, 3.63) is 82.6 Å². The van der Waals surface area contributed by atoms with Crippen LogP contribution in [0.5, 0.6) is 0 Å². The molecule has 0 saturated carbocycles. The number of aryl methyl sites for hydroxylation is 1. The summed E-state index contributed by atoms with van der Waals surface area (Å²) < 4.78 is 41.9. The Balaban J connectivity index is 2.05. The van der Waals surface area contributed by atoms with Crippen molar-refractivity contribution >= 4 is 11.6 Å². The van der Waals surface area contributed by atoms with Crippen molar-refractivity contribution in [3.63, 3.8) is 0 Å². The fraction of sp³-hybridized carbons (Fsp3) is 0.0526. The molecule has 0 saturated heterocycles. The van der Waals surface area contributed by atoms with E-state index in [1.165, 1.54) is 36.4 Å². The van der Waals surface area contributed by atoms with Gasteiger partial charge >= 0.3 is 0 Å². The molecule has 0 radical (unpaired) electrons. The Bertz CT molecular complexity index is 888. The normalized spacial score (nSPS) is 10.8. The van der Waals surface area contributed by atoms with E-state index in [9.17, 15) is 13.2 Å². The van der Waals surface area contributed by atoms with Crippen LogP contribution >= 0.6 is 11.6 Å². The lowest BCUT2D eigenvalue weighted by Crippen LogP contribution is -1.90. The Morgan fingerprint density at radius 1 is 0.652 bits per heavy atom. The lowest BCUT2D eigenvalue weighted by molar-refractivity contribution is 0.624. The number of hydrogen-bond donors (Lipinski definition) is 0. The third-order valence-electron chi connectivity index (χ3n) is 3.64. The first-order valence-corrected chi connectivity index (χ1v) is 7.35. The number of benzene rings is 3. The first-order valence-electron chi connectivity index (χ1n) is 6.97. The molecule has 4 heteroatoms. The average Bonchev–Trinajstić information content (AvgIpc) is 2.50. The molecule has 0 atom stereocenters. The van der Waals surface area contributed by atoms with Gasteiger partial charge in [0, 0.05) is 11.1 Å². The van der Waals surface area contributed by atoms with Gasteiger partial charge in [-0.2, -0.15) is 0 Å². The maximum Gasteiger partial charge on any atom is 0.142 e. The van der Waals surface area contributed by atoms with Crippen molar-refractivity contribution in [2.45, 2.75) is 6.92 Å². The SMILES string of the molecule is Cc1ccc(-c2ccc(-c3ccc(Cl)c(F)c3)c(F)c2)c(F)c1. The van der Waals surface area contributed by atoms with Crippen LogP contribution in [-0.4, -0.2) is 0 Å². The summed E-state index contributed by atoms with van der Waals surface area (Å²) in [5.41, 5.74) is 2.15. The summed E-state index contributed by atoms with van der Waals surface area (Å²) in [5, 5.41) is -0.0208. The highest BCUT2D eigenvalue weighted by molar-refractivity contribution is 6.30. The van der Waals surface area contributed by atoms with Gasteiger partial charge < -0.3 is 0 Å². The molecule has 0 amide bonds. The highest BCUT2D eigenvalue weighted by atomic mass is 35.5. The van der Waals surface area contributed by atoms with Crippen LogP contribution in [0.3, 0.4) is 0 Å². The molecule has 23 heavy (non-hydrogen) atoms. The summed E-state index contributed by atoms with van der Waals surface area (Å²) in [6, 6.07) is 13.2. The van der Waals surface area contributed by atoms with Gasteiger partial charge in [0.2, 0.25) is 0 Å². The van der Waals surface area contributed by atoms with Crippen LogP contribution in [0.4, 0.5) is 13.2 Å². The Labute approximate surface area is 137 Å². The largest absolute Gasteiger partial charge is 0.206 e. The van der Waals surface area contributed by atoms with Crippen molar-refractivity contribution < 1.29 is 13.2 Å². The minimum atomic E-state index is -0.614. The summed E-state index contributed by atoms with van der Waals surface area (Å²) >= 11 is 5.63. The highest BCUT2D eigenvalue weighted by Gasteiger charge is 2.11. The highest BCUT2D eigenvalue weighted by Crippen LogP contribution is 2.31. The predicted octanol–water partition coefficient (Wildman–Crippen LogP) is 6.40. The lowest BCUT2D eigenvalue weighted by Gasteiger charge is -2.09. The van der Waals surface area contributed by atoms with Crippen molar-refractivity contribution in [1.82, 2.24) is 0 Å². The Hall–Kier alpha value is -2.26. The molecule has 0 fully saturated rings. The standard InChI is InChI=1S/C19H12ClF3/c1-11-2-5-14(17(21)8-11)12-3-6-15(18(22)9-12)13-4-7-16(20)19(23)10-13/h2-10H,1H3. The van der Waals surface area contributed by atoms with Crippen LogP contribution in [-0.2, 0) is 0 Å². The molecule has 3 aromatic carbocycles. The van der Waals surface area contributed by atoms with Crippen molar-refractivity contribution in [1.29, 1.82) is 0 Å². The second-order valence-corrected chi connectivity index (χ2v) is 5.71. The molecule has 0 nitrogen and oxygen atoms in total. The van der Waals surface area contributed by atoms with Gasteiger partial charge in [-0.3, -0.25) is 0 Å². The fourth-order valence-corrected chi connectivity index (χ4v) is 2.55. The van der Waals surface area contributed by atoms with Gasteiger partial charge in [-0.25, -0.2) is 13.2 Å². The minimum Gasteiger partial charge on any atom is -0.206 e.